The number of urea groups is 1. The summed E-state index contributed by atoms with van der Waals surface area (Å²) in [5, 5.41) is 5.97. The maximum atomic E-state index is 12.4. The molecular formula is C19H29N3O3. The Labute approximate surface area is 149 Å². The van der Waals surface area contributed by atoms with E-state index in [1.807, 2.05) is 24.3 Å². The van der Waals surface area contributed by atoms with Gasteiger partial charge in [-0.05, 0) is 36.8 Å². The molecule has 6 heteroatoms. The van der Waals surface area contributed by atoms with Crippen LogP contribution in [-0.4, -0.2) is 42.8 Å². The van der Waals surface area contributed by atoms with Crippen LogP contribution < -0.4 is 10.6 Å². The number of carbonyl (C=O) groups is 2. The van der Waals surface area contributed by atoms with Gasteiger partial charge in [0, 0.05) is 24.8 Å². The van der Waals surface area contributed by atoms with E-state index in [4.69, 9.17) is 4.74 Å². The second-order valence-corrected chi connectivity index (χ2v) is 7.35. The molecule has 0 unspecified atom stereocenters. The maximum absolute atomic E-state index is 12.4. The Hall–Kier alpha value is -2.24. The van der Waals surface area contributed by atoms with E-state index in [1.165, 1.54) is 0 Å². The van der Waals surface area contributed by atoms with Gasteiger partial charge in [-0.2, -0.15) is 0 Å². The van der Waals surface area contributed by atoms with Gasteiger partial charge in [-0.3, -0.25) is 0 Å². The topological polar surface area (TPSA) is 70.7 Å². The number of anilines is 1. The predicted octanol–water partition coefficient (Wildman–Crippen LogP) is 3.73. The van der Waals surface area contributed by atoms with Crippen molar-refractivity contribution in [1.82, 2.24) is 10.2 Å². The quantitative estimate of drug-likeness (QED) is 0.875. The molecule has 1 aliphatic rings. The zero-order valence-corrected chi connectivity index (χ0v) is 15.6. The number of piperidine rings is 1. The summed E-state index contributed by atoms with van der Waals surface area (Å²) in [7, 11) is 0. The summed E-state index contributed by atoms with van der Waals surface area (Å²) in [6, 6.07) is 7.72. The lowest BCUT2D eigenvalue weighted by Crippen LogP contribution is -2.47. The van der Waals surface area contributed by atoms with E-state index >= 15 is 0 Å². The third-order valence-electron chi connectivity index (χ3n) is 4.34. The molecule has 2 rings (SSSR count). The third-order valence-corrected chi connectivity index (χ3v) is 4.34. The minimum Gasteiger partial charge on any atom is -0.450 e. The fraction of sp³-hybridized carbons (Fsp3) is 0.579. The minimum absolute atomic E-state index is 0.0468. The normalized spacial score (nSPS) is 15.6. The number of para-hydroxylation sites is 1. The molecule has 1 fully saturated rings. The molecule has 1 aromatic rings. The lowest BCUT2D eigenvalue weighted by molar-refractivity contribution is 0.0959. The number of benzene rings is 1. The van der Waals surface area contributed by atoms with E-state index in [2.05, 4.69) is 31.4 Å². The summed E-state index contributed by atoms with van der Waals surface area (Å²) in [5.41, 5.74) is 1.88. The molecule has 0 saturated carbocycles. The van der Waals surface area contributed by atoms with E-state index in [-0.39, 0.29) is 23.6 Å². The average Bonchev–Trinajstić information content (AvgIpc) is 2.55. The van der Waals surface area contributed by atoms with Gasteiger partial charge in [0.15, 0.2) is 0 Å². The second-order valence-electron chi connectivity index (χ2n) is 7.35. The first kappa shape index (κ1) is 19.1. The molecule has 1 aromatic carbocycles. The molecule has 1 aliphatic heterocycles. The van der Waals surface area contributed by atoms with Crippen LogP contribution >= 0.6 is 0 Å². The molecule has 2 N–H and O–H groups in total. The highest BCUT2D eigenvalue weighted by molar-refractivity contribution is 5.90. The highest BCUT2D eigenvalue weighted by atomic mass is 16.6. The van der Waals surface area contributed by atoms with E-state index in [0.717, 1.165) is 24.1 Å². The van der Waals surface area contributed by atoms with Gasteiger partial charge in [-0.25, -0.2) is 9.59 Å². The molecule has 0 radical (unpaired) electrons. The van der Waals surface area contributed by atoms with E-state index in [9.17, 15) is 9.59 Å². The lowest BCUT2D eigenvalue weighted by Gasteiger charge is -2.31. The summed E-state index contributed by atoms with van der Waals surface area (Å²) in [6.45, 7) is 9.74. The number of amides is 3. The van der Waals surface area contributed by atoms with Crippen molar-refractivity contribution in [1.29, 1.82) is 0 Å². The maximum Gasteiger partial charge on any atom is 0.409 e. The Kier molecular flexibility index (Phi) is 6.28. The number of ether oxygens (including phenoxy) is 1. The molecule has 0 aliphatic carbocycles. The zero-order valence-electron chi connectivity index (χ0n) is 15.6. The van der Waals surface area contributed by atoms with Crippen molar-refractivity contribution in [2.24, 2.45) is 0 Å². The van der Waals surface area contributed by atoms with E-state index in [1.54, 1.807) is 11.8 Å². The summed E-state index contributed by atoms with van der Waals surface area (Å²) >= 11 is 0. The van der Waals surface area contributed by atoms with Gasteiger partial charge >= 0.3 is 12.1 Å². The summed E-state index contributed by atoms with van der Waals surface area (Å²) in [6.07, 6.45) is 1.19. The fourth-order valence-corrected chi connectivity index (χ4v) is 3.01. The van der Waals surface area contributed by atoms with Gasteiger partial charge in [0.2, 0.25) is 0 Å². The van der Waals surface area contributed by atoms with Gasteiger partial charge in [0.05, 0.1) is 6.61 Å². The summed E-state index contributed by atoms with van der Waals surface area (Å²) in [4.78, 5) is 25.7. The molecule has 0 spiro atoms. The number of hydrogen-bond acceptors (Lipinski definition) is 3. The third kappa shape index (κ3) is 5.37. The second kappa shape index (κ2) is 8.23. The molecule has 3 amide bonds. The van der Waals surface area contributed by atoms with Crippen LogP contribution in [-0.2, 0) is 10.2 Å². The Morgan fingerprint density at radius 3 is 2.44 bits per heavy atom. The smallest absolute Gasteiger partial charge is 0.409 e. The van der Waals surface area contributed by atoms with E-state index < -0.39 is 0 Å². The Balaban J connectivity index is 1.87. The summed E-state index contributed by atoms with van der Waals surface area (Å²) in [5.74, 6) is 0. The number of rotatable bonds is 3. The van der Waals surface area contributed by atoms with Gasteiger partial charge in [-0.15, -0.1) is 0 Å². The van der Waals surface area contributed by atoms with Crippen LogP contribution in [0.25, 0.3) is 0 Å². The Morgan fingerprint density at radius 2 is 1.84 bits per heavy atom. The van der Waals surface area contributed by atoms with Gasteiger partial charge in [0.25, 0.3) is 0 Å². The molecule has 0 aromatic heterocycles. The molecule has 0 atom stereocenters. The zero-order chi connectivity index (χ0) is 18.4. The van der Waals surface area contributed by atoms with Crippen LogP contribution in [0.2, 0.25) is 0 Å². The number of nitrogens with zero attached hydrogens (tertiary/aromatic N) is 1. The number of carbonyl (C=O) groups excluding carboxylic acids is 2. The van der Waals surface area contributed by atoms with Crippen LogP contribution in [0.15, 0.2) is 24.3 Å². The van der Waals surface area contributed by atoms with Crippen molar-refractivity contribution in [2.45, 2.75) is 52.0 Å². The molecule has 6 nitrogen and oxygen atoms in total. The van der Waals surface area contributed by atoms with E-state index in [0.29, 0.717) is 19.7 Å². The van der Waals surface area contributed by atoms with Crippen molar-refractivity contribution < 1.29 is 14.3 Å². The Morgan fingerprint density at radius 1 is 1.20 bits per heavy atom. The van der Waals surface area contributed by atoms with Crippen LogP contribution in [0.3, 0.4) is 0 Å². The predicted molar refractivity (Wildman–Crippen MR) is 98.9 cm³/mol. The number of nitrogens with one attached hydrogen (secondary N) is 2. The fourth-order valence-electron chi connectivity index (χ4n) is 3.01. The monoisotopic (exact) mass is 347 g/mol. The highest BCUT2D eigenvalue weighted by Gasteiger charge is 2.25. The summed E-state index contributed by atoms with van der Waals surface area (Å²) < 4.78 is 5.01. The first-order chi connectivity index (χ1) is 11.8. The molecule has 138 valence electrons. The van der Waals surface area contributed by atoms with Crippen LogP contribution in [0.1, 0.15) is 46.1 Å². The van der Waals surface area contributed by atoms with Gasteiger partial charge in [-0.1, -0.05) is 39.0 Å². The first-order valence-corrected chi connectivity index (χ1v) is 8.90. The van der Waals surface area contributed by atoms with Crippen molar-refractivity contribution >= 4 is 17.8 Å². The van der Waals surface area contributed by atoms with Crippen molar-refractivity contribution in [2.75, 3.05) is 25.0 Å². The molecule has 0 bridgehead atoms. The largest absolute Gasteiger partial charge is 0.450 e. The standard InChI is InChI=1S/C19H29N3O3/c1-5-25-18(24)22-12-10-14(11-13-22)20-17(23)21-16-9-7-6-8-15(16)19(2,3)4/h6-9,14H,5,10-13H2,1-4H3,(H2,20,21,23). The average molecular weight is 347 g/mol. The minimum atomic E-state index is -0.274. The molecule has 1 heterocycles. The number of hydrogen-bond donors (Lipinski definition) is 2. The van der Waals surface area contributed by atoms with Crippen LogP contribution in [0.4, 0.5) is 15.3 Å². The Bertz CT molecular complexity index is 602. The van der Waals surface area contributed by atoms with Gasteiger partial charge < -0.3 is 20.3 Å². The SMILES string of the molecule is CCOC(=O)N1CCC(NC(=O)Nc2ccccc2C(C)(C)C)CC1. The molecule has 25 heavy (non-hydrogen) atoms. The van der Waals surface area contributed by atoms with Crippen molar-refractivity contribution in [3.05, 3.63) is 29.8 Å². The lowest BCUT2D eigenvalue weighted by atomic mass is 9.86. The highest BCUT2D eigenvalue weighted by Crippen LogP contribution is 2.29. The van der Waals surface area contributed by atoms with Crippen molar-refractivity contribution in [3.8, 4) is 0 Å². The van der Waals surface area contributed by atoms with Crippen LogP contribution in [0.5, 0.6) is 0 Å². The van der Waals surface area contributed by atoms with Crippen LogP contribution in [0, 0.1) is 0 Å². The van der Waals surface area contributed by atoms with Gasteiger partial charge in [0.1, 0.15) is 0 Å². The molecular weight excluding hydrogens is 318 g/mol. The molecule has 1 saturated heterocycles. The van der Waals surface area contributed by atoms with Crippen molar-refractivity contribution in [3.63, 3.8) is 0 Å². The number of likely N-dealkylation sites (tertiary alicyclic amines) is 1. The first-order valence-electron chi connectivity index (χ1n) is 8.90.